The monoisotopic (exact) mass is 235 g/mol. The van der Waals surface area contributed by atoms with Crippen LogP contribution in [0.1, 0.15) is 23.1 Å². The molecule has 1 aromatic carbocycles. The molecule has 0 bridgehead atoms. The minimum absolute atomic E-state index is 0.0232. The van der Waals surface area contributed by atoms with Crippen molar-refractivity contribution >= 4 is 0 Å². The predicted molar refractivity (Wildman–Crippen MR) is 68.5 cm³/mol. The van der Waals surface area contributed by atoms with Crippen LogP contribution < -0.4 is 10.5 Å². The number of hydrogen-bond acceptors (Lipinski definition) is 3. The lowest BCUT2D eigenvalue weighted by atomic mass is 9.86. The van der Waals surface area contributed by atoms with Crippen LogP contribution in [0.25, 0.3) is 0 Å². The summed E-state index contributed by atoms with van der Waals surface area (Å²) in [7, 11) is 1.69. The Labute approximate surface area is 103 Å². The van der Waals surface area contributed by atoms with Crippen LogP contribution in [0.5, 0.6) is 5.75 Å². The topological polar surface area (TPSA) is 44.5 Å². The third-order valence-electron chi connectivity index (χ3n) is 3.44. The normalized spacial score (nSPS) is 27.7. The van der Waals surface area contributed by atoms with E-state index in [-0.39, 0.29) is 18.2 Å². The molecule has 0 spiro atoms. The van der Waals surface area contributed by atoms with Crippen LogP contribution in [-0.2, 0) is 4.74 Å². The van der Waals surface area contributed by atoms with Gasteiger partial charge in [-0.15, -0.1) is 0 Å². The Morgan fingerprint density at radius 1 is 1.18 bits per heavy atom. The number of aryl methyl sites for hydroxylation is 3. The van der Waals surface area contributed by atoms with Gasteiger partial charge in [0, 0.05) is 19.6 Å². The highest BCUT2D eigenvalue weighted by molar-refractivity contribution is 5.43. The second-order valence-corrected chi connectivity index (χ2v) is 4.98. The van der Waals surface area contributed by atoms with Crippen molar-refractivity contribution in [2.75, 3.05) is 7.11 Å². The lowest BCUT2D eigenvalue weighted by molar-refractivity contribution is -0.0786. The summed E-state index contributed by atoms with van der Waals surface area (Å²) in [6.45, 7) is 6.26. The molecule has 1 saturated carbocycles. The van der Waals surface area contributed by atoms with Crippen LogP contribution in [0.15, 0.2) is 12.1 Å². The van der Waals surface area contributed by atoms with E-state index >= 15 is 0 Å². The van der Waals surface area contributed by atoms with Gasteiger partial charge in [0.15, 0.2) is 0 Å². The highest BCUT2D eigenvalue weighted by atomic mass is 16.5. The van der Waals surface area contributed by atoms with E-state index < -0.39 is 0 Å². The van der Waals surface area contributed by atoms with Crippen molar-refractivity contribution < 1.29 is 9.47 Å². The van der Waals surface area contributed by atoms with Crippen molar-refractivity contribution in [2.45, 2.75) is 45.4 Å². The largest absolute Gasteiger partial charge is 0.487 e. The van der Waals surface area contributed by atoms with Gasteiger partial charge in [-0.3, -0.25) is 0 Å². The van der Waals surface area contributed by atoms with Gasteiger partial charge < -0.3 is 15.2 Å². The third kappa shape index (κ3) is 2.31. The fourth-order valence-corrected chi connectivity index (χ4v) is 2.56. The van der Waals surface area contributed by atoms with E-state index in [4.69, 9.17) is 15.2 Å². The summed E-state index contributed by atoms with van der Waals surface area (Å²) >= 11 is 0. The summed E-state index contributed by atoms with van der Waals surface area (Å²) in [5.74, 6) is 0.981. The zero-order valence-electron chi connectivity index (χ0n) is 11.0. The van der Waals surface area contributed by atoms with Crippen LogP contribution in [0, 0.1) is 20.8 Å². The van der Waals surface area contributed by atoms with Crippen molar-refractivity contribution in [1.29, 1.82) is 0 Å². The number of methoxy groups -OCH3 is 1. The molecule has 2 N–H and O–H groups in total. The van der Waals surface area contributed by atoms with Crippen LogP contribution in [0.3, 0.4) is 0 Å². The van der Waals surface area contributed by atoms with E-state index in [1.54, 1.807) is 7.11 Å². The number of hydrogen-bond donors (Lipinski definition) is 1. The van der Waals surface area contributed by atoms with Crippen molar-refractivity contribution in [2.24, 2.45) is 5.73 Å². The first-order valence-electron chi connectivity index (χ1n) is 6.05. The molecule has 1 aliphatic rings. The molecule has 17 heavy (non-hydrogen) atoms. The van der Waals surface area contributed by atoms with Gasteiger partial charge in [-0.1, -0.05) is 17.7 Å². The Morgan fingerprint density at radius 3 is 2.24 bits per heavy atom. The quantitative estimate of drug-likeness (QED) is 0.872. The van der Waals surface area contributed by atoms with Crippen molar-refractivity contribution in [3.63, 3.8) is 0 Å². The maximum absolute atomic E-state index is 6.04. The van der Waals surface area contributed by atoms with Gasteiger partial charge in [-0.25, -0.2) is 0 Å². The van der Waals surface area contributed by atoms with Crippen molar-refractivity contribution in [3.05, 3.63) is 28.8 Å². The SMILES string of the molecule is COC1C(N)CC1Oc1c(C)cc(C)cc1C. The fraction of sp³-hybridized carbons (Fsp3) is 0.571. The molecule has 0 aliphatic heterocycles. The molecule has 3 heteroatoms. The molecular formula is C14H21NO2. The van der Waals surface area contributed by atoms with Gasteiger partial charge in [0.2, 0.25) is 0 Å². The lowest BCUT2D eigenvalue weighted by Crippen LogP contribution is -2.59. The van der Waals surface area contributed by atoms with Gasteiger partial charge in [0.25, 0.3) is 0 Å². The molecule has 0 heterocycles. The first kappa shape index (κ1) is 12.4. The molecule has 1 aliphatic carbocycles. The van der Waals surface area contributed by atoms with E-state index in [2.05, 4.69) is 32.9 Å². The van der Waals surface area contributed by atoms with Crippen LogP contribution >= 0.6 is 0 Å². The van der Waals surface area contributed by atoms with E-state index in [0.717, 1.165) is 12.2 Å². The molecule has 0 saturated heterocycles. The molecule has 0 amide bonds. The molecule has 3 atom stereocenters. The Balaban J connectivity index is 2.14. The Kier molecular flexibility index (Phi) is 3.40. The molecule has 2 rings (SSSR count). The minimum atomic E-state index is 0.0232. The predicted octanol–water partition coefficient (Wildman–Crippen LogP) is 2.11. The average molecular weight is 235 g/mol. The molecule has 1 aromatic rings. The summed E-state index contributed by atoms with van der Waals surface area (Å²) in [4.78, 5) is 0. The summed E-state index contributed by atoms with van der Waals surface area (Å²) < 4.78 is 11.4. The maximum atomic E-state index is 6.04. The molecule has 0 radical (unpaired) electrons. The molecular weight excluding hydrogens is 214 g/mol. The maximum Gasteiger partial charge on any atom is 0.128 e. The summed E-state index contributed by atoms with van der Waals surface area (Å²) in [5.41, 5.74) is 9.49. The third-order valence-corrected chi connectivity index (χ3v) is 3.44. The number of rotatable bonds is 3. The first-order chi connectivity index (χ1) is 8.02. The van der Waals surface area contributed by atoms with E-state index in [1.165, 1.54) is 16.7 Å². The Morgan fingerprint density at radius 2 is 1.76 bits per heavy atom. The second kappa shape index (κ2) is 4.67. The Bertz CT molecular complexity index is 394. The Hall–Kier alpha value is -1.06. The van der Waals surface area contributed by atoms with Gasteiger partial charge >= 0.3 is 0 Å². The first-order valence-corrected chi connectivity index (χ1v) is 6.05. The van der Waals surface area contributed by atoms with Gasteiger partial charge in [0.1, 0.15) is 18.0 Å². The van der Waals surface area contributed by atoms with E-state index in [1.807, 2.05) is 0 Å². The van der Waals surface area contributed by atoms with Crippen LogP contribution in [0.4, 0.5) is 0 Å². The summed E-state index contributed by atoms with van der Waals surface area (Å²) in [5, 5.41) is 0. The van der Waals surface area contributed by atoms with Gasteiger partial charge in [-0.05, 0) is 31.9 Å². The molecule has 3 nitrogen and oxygen atoms in total. The van der Waals surface area contributed by atoms with E-state index in [9.17, 15) is 0 Å². The standard InChI is InChI=1S/C14H21NO2/c1-8-5-9(2)13(10(3)6-8)17-12-7-11(15)14(12)16-4/h5-6,11-12,14H,7,15H2,1-4H3. The van der Waals surface area contributed by atoms with Gasteiger partial charge in [0.05, 0.1) is 0 Å². The fourth-order valence-electron chi connectivity index (χ4n) is 2.56. The molecule has 1 fully saturated rings. The summed E-state index contributed by atoms with van der Waals surface area (Å²) in [6, 6.07) is 4.39. The number of ether oxygens (including phenoxy) is 2. The van der Waals surface area contributed by atoms with Crippen LogP contribution in [0.2, 0.25) is 0 Å². The van der Waals surface area contributed by atoms with Gasteiger partial charge in [-0.2, -0.15) is 0 Å². The summed E-state index contributed by atoms with van der Waals surface area (Å²) in [6.07, 6.45) is 0.982. The van der Waals surface area contributed by atoms with E-state index in [0.29, 0.717) is 0 Å². The van der Waals surface area contributed by atoms with Crippen molar-refractivity contribution in [1.82, 2.24) is 0 Å². The molecule has 0 aromatic heterocycles. The molecule has 3 unspecified atom stereocenters. The van der Waals surface area contributed by atoms with Crippen molar-refractivity contribution in [3.8, 4) is 5.75 Å². The number of benzene rings is 1. The van der Waals surface area contributed by atoms with Crippen LogP contribution in [-0.4, -0.2) is 25.4 Å². The lowest BCUT2D eigenvalue weighted by Gasteiger charge is -2.41. The number of nitrogens with two attached hydrogens (primary N) is 1. The highest BCUT2D eigenvalue weighted by Crippen LogP contribution is 2.31. The molecule has 94 valence electrons. The second-order valence-electron chi connectivity index (χ2n) is 4.98. The smallest absolute Gasteiger partial charge is 0.128 e. The highest BCUT2D eigenvalue weighted by Gasteiger charge is 2.41. The average Bonchev–Trinajstić information content (AvgIpc) is 2.21. The zero-order valence-corrected chi connectivity index (χ0v) is 11.0. The minimum Gasteiger partial charge on any atom is -0.487 e. The zero-order chi connectivity index (χ0) is 12.6.